The van der Waals surface area contributed by atoms with Crippen LogP contribution in [0.4, 0.5) is 0 Å². The van der Waals surface area contributed by atoms with Crippen LogP contribution in [0.15, 0.2) is 6.20 Å². The summed E-state index contributed by atoms with van der Waals surface area (Å²) in [6.45, 7) is 0.626. The maximum Gasteiger partial charge on any atom is 0.223 e. The zero-order valence-corrected chi connectivity index (χ0v) is 13.6. The van der Waals surface area contributed by atoms with Gasteiger partial charge in [0.1, 0.15) is 0 Å². The van der Waals surface area contributed by atoms with Crippen LogP contribution in [0, 0.1) is 5.92 Å². The number of amides is 1. The summed E-state index contributed by atoms with van der Waals surface area (Å²) in [4.78, 5) is 12.5. The molecule has 3 rings (SSSR count). The van der Waals surface area contributed by atoms with Gasteiger partial charge in [0.05, 0.1) is 6.20 Å². The highest BCUT2D eigenvalue weighted by atomic mass is 16.1. The Morgan fingerprint density at radius 2 is 2.14 bits per heavy atom. The predicted molar refractivity (Wildman–Crippen MR) is 86.4 cm³/mol. The number of carbonyl (C=O) groups excluding carboxylic acids is 1. The van der Waals surface area contributed by atoms with E-state index in [0.29, 0.717) is 6.54 Å². The van der Waals surface area contributed by atoms with Crippen LogP contribution < -0.4 is 11.1 Å². The normalized spacial score (nSPS) is 24.4. The lowest BCUT2D eigenvalue weighted by Gasteiger charge is -2.30. The Morgan fingerprint density at radius 3 is 2.86 bits per heavy atom. The molecule has 0 radical (unpaired) electrons. The highest BCUT2D eigenvalue weighted by Crippen LogP contribution is 2.26. The van der Waals surface area contributed by atoms with Gasteiger partial charge in [-0.15, -0.1) is 0 Å². The van der Waals surface area contributed by atoms with Crippen LogP contribution in [0.5, 0.6) is 0 Å². The van der Waals surface area contributed by atoms with Gasteiger partial charge >= 0.3 is 0 Å². The van der Waals surface area contributed by atoms with Gasteiger partial charge in [-0.25, -0.2) is 0 Å². The standard InChI is InChI=1S/C17H28N4O/c1-21-15-10-13(6-7-14(15)11-20-21)16(22)19-12-17(18)8-4-2-3-5-9-17/h11,13H,2-10,12,18H2,1H3,(H,19,22)/t13-/m0/s1. The first-order valence-corrected chi connectivity index (χ1v) is 8.64. The van der Waals surface area contributed by atoms with Gasteiger partial charge in [0.15, 0.2) is 0 Å². The molecule has 0 aromatic carbocycles. The van der Waals surface area contributed by atoms with Crippen molar-refractivity contribution in [3.8, 4) is 0 Å². The summed E-state index contributed by atoms with van der Waals surface area (Å²) < 4.78 is 1.91. The highest BCUT2D eigenvalue weighted by Gasteiger charge is 2.30. The lowest BCUT2D eigenvalue weighted by atomic mass is 9.86. The monoisotopic (exact) mass is 304 g/mol. The number of nitrogens with zero attached hydrogens (tertiary/aromatic N) is 2. The third kappa shape index (κ3) is 3.35. The van der Waals surface area contributed by atoms with Crippen LogP contribution in [-0.4, -0.2) is 27.8 Å². The Hall–Kier alpha value is -1.36. The van der Waals surface area contributed by atoms with E-state index in [2.05, 4.69) is 10.4 Å². The van der Waals surface area contributed by atoms with Crippen molar-refractivity contribution in [2.75, 3.05) is 6.54 Å². The number of fused-ring (bicyclic) bond motifs is 1. The van der Waals surface area contributed by atoms with E-state index in [0.717, 1.165) is 32.1 Å². The molecule has 0 aliphatic heterocycles. The first kappa shape index (κ1) is 15.5. The first-order valence-electron chi connectivity index (χ1n) is 8.64. The quantitative estimate of drug-likeness (QED) is 0.835. The van der Waals surface area contributed by atoms with Crippen LogP contribution in [0.2, 0.25) is 0 Å². The van der Waals surface area contributed by atoms with Gasteiger partial charge in [-0.3, -0.25) is 9.48 Å². The first-order chi connectivity index (χ1) is 10.6. The topological polar surface area (TPSA) is 72.9 Å². The number of hydrogen-bond donors (Lipinski definition) is 2. The molecule has 2 aliphatic carbocycles. The third-order valence-corrected chi connectivity index (χ3v) is 5.43. The fraction of sp³-hybridized carbons (Fsp3) is 0.765. The largest absolute Gasteiger partial charge is 0.354 e. The van der Waals surface area contributed by atoms with E-state index in [-0.39, 0.29) is 17.4 Å². The molecule has 1 atom stereocenters. The summed E-state index contributed by atoms with van der Waals surface area (Å²) >= 11 is 0. The molecule has 1 aromatic heterocycles. The molecule has 2 aliphatic rings. The molecular formula is C17H28N4O. The van der Waals surface area contributed by atoms with Crippen LogP contribution >= 0.6 is 0 Å². The lowest BCUT2D eigenvalue weighted by Crippen LogP contribution is -2.51. The minimum Gasteiger partial charge on any atom is -0.354 e. The van der Waals surface area contributed by atoms with E-state index in [1.54, 1.807) is 0 Å². The summed E-state index contributed by atoms with van der Waals surface area (Å²) in [5.41, 5.74) is 8.80. The molecule has 1 saturated carbocycles. The van der Waals surface area contributed by atoms with Crippen LogP contribution in [-0.2, 0) is 24.7 Å². The molecule has 0 unspecified atom stereocenters. The summed E-state index contributed by atoms with van der Waals surface area (Å²) in [6, 6.07) is 0. The average Bonchev–Trinajstić information content (AvgIpc) is 2.75. The Bertz CT molecular complexity index is 529. The number of nitrogens with one attached hydrogen (secondary N) is 1. The van der Waals surface area contributed by atoms with Gasteiger partial charge in [-0.05, 0) is 31.2 Å². The molecule has 22 heavy (non-hydrogen) atoms. The number of aromatic nitrogens is 2. The number of rotatable bonds is 3. The van der Waals surface area contributed by atoms with Gasteiger partial charge in [0.2, 0.25) is 5.91 Å². The van der Waals surface area contributed by atoms with Crippen LogP contribution in [0.3, 0.4) is 0 Å². The molecule has 122 valence electrons. The van der Waals surface area contributed by atoms with Gasteiger partial charge in [-0.1, -0.05) is 25.7 Å². The number of aryl methyl sites for hydroxylation is 2. The maximum atomic E-state index is 12.5. The Morgan fingerprint density at radius 1 is 1.41 bits per heavy atom. The van der Waals surface area contributed by atoms with Crippen molar-refractivity contribution in [1.82, 2.24) is 15.1 Å². The highest BCUT2D eigenvalue weighted by molar-refractivity contribution is 5.79. The molecule has 0 spiro atoms. The zero-order valence-electron chi connectivity index (χ0n) is 13.6. The molecule has 3 N–H and O–H groups in total. The second kappa shape index (κ2) is 6.41. The summed E-state index contributed by atoms with van der Waals surface area (Å²) in [5.74, 6) is 0.234. The Balaban J connectivity index is 1.55. The minimum absolute atomic E-state index is 0.0669. The van der Waals surface area contributed by atoms with Crippen molar-refractivity contribution in [2.45, 2.75) is 63.3 Å². The van der Waals surface area contributed by atoms with E-state index >= 15 is 0 Å². The molecule has 1 amide bonds. The summed E-state index contributed by atoms with van der Waals surface area (Å²) in [7, 11) is 1.96. The number of nitrogens with two attached hydrogens (primary N) is 1. The predicted octanol–water partition coefficient (Wildman–Crippen LogP) is 1.69. The SMILES string of the molecule is Cn1ncc2c1C[C@@H](C(=O)NCC1(N)CCCCCC1)CC2. The molecule has 1 heterocycles. The molecular weight excluding hydrogens is 276 g/mol. The number of hydrogen-bond acceptors (Lipinski definition) is 3. The smallest absolute Gasteiger partial charge is 0.223 e. The lowest BCUT2D eigenvalue weighted by molar-refractivity contribution is -0.125. The zero-order chi connectivity index (χ0) is 15.6. The van der Waals surface area contributed by atoms with E-state index in [4.69, 9.17) is 5.73 Å². The van der Waals surface area contributed by atoms with E-state index in [1.807, 2.05) is 17.9 Å². The Kier molecular flexibility index (Phi) is 4.52. The second-order valence-electron chi connectivity index (χ2n) is 7.17. The average molecular weight is 304 g/mol. The molecule has 5 nitrogen and oxygen atoms in total. The third-order valence-electron chi connectivity index (χ3n) is 5.43. The molecule has 0 saturated heterocycles. The van der Waals surface area contributed by atoms with Crippen LogP contribution in [0.25, 0.3) is 0 Å². The molecule has 0 bridgehead atoms. The Labute approximate surface area is 132 Å². The fourth-order valence-corrected chi connectivity index (χ4v) is 3.89. The van der Waals surface area contributed by atoms with E-state index in [9.17, 15) is 4.79 Å². The van der Waals surface area contributed by atoms with Crippen molar-refractivity contribution in [3.63, 3.8) is 0 Å². The van der Waals surface area contributed by atoms with Crippen molar-refractivity contribution in [2.24, 2.45) is 18.7 Å². The molecule has 1 aromatic rings. The molecule has 5 heteroatoms. The molecule has 1 fully saturated rings. The minimum atomic E-state index is -0.196. The van der Waals surface area contributed by atoms with Crippen molar-refractivity contribution in [1.29, 1.82) is 0 Å². The van der Waals surface area contributed by atoms with Gasteiger partial charge in [-0.2, -0.15) is 5.10 Å². The van der Waals surface area contributed by atoms with Gasteiger partial charge in [0, 0.05) is 37.2 Å². The van der Waals surface area contributed by atoms with E-state index in [1.165, 1.54) is 36.9 Å². The summed E-state index contributed by atoms with van der Waals surface area (Å²) in [5, 5.41) is 7.44. The van der Waals surface area contributed by atoms with Crippen molar-refractivity contribution < 1.29 is 4.79 Å². The van der Waals surface area contributed by atoms with Crippen LogP contribution in [0.1, 0.15) is 56.2 Å². The van der Waals surface area contributed by atoms with Crippen molar-refractivity contribution in [3.05, 3.63) is 17.5 Å². The van der Waals surface area contributed by atoms with E-state index < -0.39 is 0 Å². The maximum absolute atomic E-state index is 12.5. The number of carbonyl (C=O) groups is 1. The van der Waals surface area contributed by atoms with Gasteiger partial charge in [0.25, 0.3) is 0 Å². The van der Waals surface area contributed by atoms with Gasteiger partial charge < -0.3 is 11.1 Å². The second-order valence-corrected chi connectivity index (χ2v) is 7.17. The summed E-state index contributed by atoms with van der Waals surface area (Å²) in [6.07, 6.45) is 11.6. The van der Waals surface area contributed by atoms with Crippen molar-refractivity contribution >= 4 is 5.91 Å². The fourth-order valence-electron chi connectivity index (χ4n) is 3.89.